The van der Waals surface area contributed by atoms with Crippen molar-refractivity contribution in [2.75, 3.05) is 6.61 Å². The molecule has 0 aliphatic carbocycles. The van der Waals surface area contributed by atoms with Crippen LogP contribution in [0.2, 0.25) is 10.0 Å². The maximum Gasteiger partial charge on any atom is 0.302 e. The van der Waals surface area contributed by atoms with Gasteiger partial charge >= 0.3 is 5.91 Å². The highest BCUT2D eigenvalue weighted by atomic mass is 79.9. The second-order valence-corrected chi connectivity index (χ2v) is 8.41. The number of aromatic nitrogens is 1. The fraction of sp³-hybridized carbons (Fsp3) is 0.286. The Hall–Kier alpha value is -2.09. The highest BCUT2D eigenvalue weighted by Crippen LogP contribution is 2.40. The zero-order valence-electron chi connectivity index (χ0n) is 16.2. The van der Waals surface area contributed by atoms with Gasteiger partial charge in [0.2, 0.25) is 5.88 Å². The van der Waals surface area contributed by atoms with Gasteiger partial charge in [-0.3, -0.25) is 4.79 Å². The van der Waals surface area contributed by atoms with Crippen molar-refractivity contribution in [1.29, 1.82) is 0 Å². The Balaban J connectivity index is 1.80. The number of unbranched alkanes of at least 4 members (excludes halogenated alkanes) is 2. The third-order valence-electron chi connectivity index (χ3n) is 4.46. The summed E-state index contributed by atoms with van der Waals surface area (Å²) >= 11 is 15.4. The van der Waals surface area contributed by atoms with Crippen LogP contribution in [0.15, 0.2) is 51.1 Å². The molecule has 1 N–H and O–H groups in total. The molecule has 0 aliphatic heterocycles. The number of ether oxygens (including phenoxy) is 1. The molecule has 158 valence electrons. The van der Waals surface area contributed by atoms with E-state index < -0.39 is 5.91 Å². The molecule has 0 spiro atoms. The molecule has 0 unspecified atom stereocenters. The molecule has 1 heterocycles. The molecule has 3 rings (SSSR count). The first-order valence-corrected chi connectivity index (χ1v) is 11.0. The van der Waals surface area contributed by atoms with Crippen LogP contribution >= 0.6 is 39.1 Å². The van der Waals surface area contributed by atoms with Crippen molar-refractivity contribution >= 4 is 61.6 Å². The highest BCUT2D eigenvalue weighted by molar-refractivity contribution is 9.10. The van der Waals surface area contributed by atoms with Crippen molar-refractivity contribution in [1.82, 2.24) is 4.57 Å². The monoisotopic (exact) mass is 511 g/mol. The molecule has 0 saturated heterocycles. The quantitative estimate of drug-likeness (QED) is 0.254. The fourth-order valence-corrected chi connectivity index (χ4v) is 3.70. The number of fused-ring (bicyclic) bond motifs is 1. The van der Waals surface area contributed by atoms with Gasteiger partial charge in [-0.1, -0.05) is 58.9 Å². The fourth-order valence-electron chi connectivity index (χ4n) is 3.00. The van der Waals surface area contributed by atoms with E-state index >= 15 is 0 Å². The zero-order valence-corrected chi connectivity index (χ0v) is 19.3. The van der Waals surface area contributed by atoms with E-state index in [1.165, 1.54) is 6.07 Å². The van der Waals surface area contributed by atoms with Gasteiger partial charge in [-0.05, 0) is 36.8 Å². The van der Waals surface area contributed by atoms with Gasteiger partial charge in [0.25, 0.3) is 0 Å². The number of hydrogen-bond donors (Lipinski definition) is 1. The van der Waals surface area contributed by atoms with Crippen LogP contribution in [-0.2, 0) is 11.3 Å². The van der Waals surface area contributed by atoms with Crippen molar-refractivity contribution in [3.63, 3.8) is 0 Å². The summed E-state index contributed by atoms with van der Waals surface area (Å²) in [5.41, 5.74) is 1.08. The number of amides is 1. The minimum atomic E-state index is -0.618. The minimum absolute atomic E-state index is 0.0189. The molecule has 0 radical (unpaired) electrons. The van der Waals surface area contributed by atoms with E-state index in [1.807, 2.05) is 18.2 Å². The lowest BCUT2D eigenvalue weighted by Gasteiger charge is -2.06. The molecule has 3 aromatic rings. The minimum Gasteiger partial charge on any atom is -0.493 e. The lowest BCUT2D eigenvalue weighted by atomic mass is 10.2. The van der Waals surface area contributed by atoms with E-state index in [0.29, 0.717) is 22.0 Å². The Kier molecular flexibility index (Phi) is 7.75. The van der Waals surface area contributed by atoms with Crippen LogP contribution in [0.3, 0.4) is 0 Å². The Morgan fingerprint density at radius 3 is 2.77 bits per heavy atom. The maximum atomic E-state index is 12.2. The maximum absolute atomic E-state index is 12.2. The predicted octanol–water partition coefficient (Wildman–Crippen LogP) is 7.30. The molecule has 0 atom stereocenters. The summed E-state index contributed by atoms with van der Waals surface area (Å²) in [6.07, 6.45) is 3.05. The summed E-state index contributed by atoms with van der Waals surface area (Å²) in [5.74, 6) is -0.353. The molecule has 30 heavy (non-hydrogen) atoms. The lowest BCUT2D eigenvalue weighted by Crippen LogP contribution is -2.08. The average Bonchev–Trinajstić information content (AvgIpc) is 2.97. The van der Waals surface area contributed by atoms with Crippen LogP contribution in [0.1, 0.15) is 26.2 Å². The van der Waals surface area contributed by atoms with E-state index in [4.69, 9.17) is 27.9 Å². The zero-order chi connectivity index (χ0) is 21.7. The molecule has 0 aliphatic rings. The number of aromatic hydroxyl groups is 1. The molecule has 9 heteroatoms. The summed E-state index contributed by atoms with van der Waals surface area (Å²) in [6, 6.07) is 10.3. The molecule has 2 aromatic carbocycles. The number of azo groups is 1. The molecule has 0 fully saturated rings. The third kappa shape index (κ3) is 5.33. The van der Waals surface area contributed by atoms with Gasteiger partial charge in [-0.15, -0.1) is 10.2 Å². The first kappa shape index (κ1) is 22.6. The number of halogens is 3. The number of hydrogen-bond acceptors (Lipinski definition) is 4. The van der Waals surface area contributed by atoms with E-state index in [2.05, 4.69) is 33.1 Å². The van der Waals surface area contributed by atoms with Crippen LogP contribution in [0, 0.1) is 0 Å². The largest absolute Gasteiger partial charge is 0.493 e. The van der Waals surface area contributed by atoms with Crippen LogP contribution in [-0.4, -0.2) is 22.2 Å². The third-order valence-corrected chi connectivity index (χ3v) is 5.50. The van der Waals surface area contributed by atoms with Gasteiger partial charge < -0.3 is 14.4 Å². The van der Waals surface area contributed by atoms with Crippen molar-refractivity contribution < 1.29 is 14.6 Å². The summed E-state index contributed by atoms with van der Waals surface area (Å²) in [7, 11) is 0. The van der Waals surface area contributed by atoms with Gasteiger partial charge in [0.1, 0.15) is 5.75 Å². The normalized spacial score (nSPS) is 11.5. The molecule has 6 nitrogen and oxygen atoms in total. The summed E-state index contributed by atoms with van der Waals surface area (Å²) < 4.78 is 8.01. The topological polar surface area (TPSA) is 76.2 Å². The van der Waals surface area contributed by atoms with E-state index in [1.54, 1.807) is 16.7 Å². The Labute approximate surface area is 192 Å². The van der Waals surface area contributed by atoms with E-state index in [0.717, 1.165) is 29.3 Å². The first-order valence-electron chi connectivity index (χ1n) is 9.43. The highest BCUT2D eigenvalue weighted by Gasteiger charge is 2.17. The van der Waals surface area contributed by atoms with E-state index in [-0.39, 0.29) is 23.9 Å². The second-order valence-electron chi connectivity index (χ2n) is 6.65. The van der Waals surface area contributed by atoms with Gasteiger partial charge in [-0.25, -0.2) is 0 Å². The summed E-state index contributed by atoms with van der Waals surface area (Å²) in [5, 5.41) is 19.9. The lowest BCUT2D eigenvalue weighted by molar-refractivity contribution is -0.120. The average molecular weight is 513 g/mol. The molecule has 0 bridgehead atoms. The Morgan fingerprint density at radius 1 is 1.20 bits per heavy atom. The summed E-state index contributed by atoms with van der Waals surface area (Å²) in [4.78, 5) is 12.2. The van der Waals surface area contributed by atoms with Crippen molar-refractivity contribution in [3.8, 4) is 11.6 Å². The van der Waals surface area contributed by atoms with Crippen LogP contribution in [0.25, 0.3) is 10.9 Å². The Morgan fingerprint density at radius 2 is 2.00 bits per heavy atom. The number of aryl methyl sites for hydroxylation is 1. The number of rotatable bonds is 8. The van der Waals surface area contributed by atoms with Crippen molar-refractivity contribution in [2.24, 2.45) is 10.2 Å². The molecular formula is C21H20BrCl2N3O3. The van der Waals surface area contributed by atoms with Gasteiger partial charge in [0.15, 0.2) is 12.3 Å². The molecule has 1 aromatic heterocycles. The first-order chi connectivity index (χ1) is 14.4. The summed E-state index contributed by atoms with van der Waals surface area (Å²) in [6.45, 7) is 2.41. The van der Waals surface area contributed by atoms with Crippen LogP contribution in [0.5, 0.6) is 11.6 Å². The molecular weight excluding hydrogens is 493 g/mol. The standard InChI is InChI=1S/C21H20BrCl2N3O3/c1-2-3-4-9-27-17-8-5-13(22)10-15(17)20(21(27)29)26-25-19(28)12-30-18-11-14(23)6-7-16(18)24/h5-8,10-11,29H,2-4,9,12H2,1H3. The smallest absolute Gasteiger partial charge is 0.302 e. The van der Waals surface area contributed by atoms with Crippen molar-refractivity contribution in [3.05, 3.63) is 50.9 Å². The predicted molar refractivity (Wildman–Crippen MR) is 122 cm³/mol. The second kappa shape index (κ2) is 10.3. The van der Waals surface area contributed by atoms with E-state index in [9.17, 15) is 9.90 Å². The van der Waals surface area contributed by atoms with Crippen LogP contribution in [0.4, 0.5) is 5.69 Å². The van der Waals surface area contributed by atoms with Gasteiger partial charge in [0.05, 0.1) is 10.5 Å². The SMILES string of the molecule is CCCCCn1c(O)c(N=NC(=O)COc2cc(Cl)ccc2Cl)c2cc(Br)ccc21. The Bertz CT molecular complexity index is 1100. The van der Waals surface area contributed by atoms with Gasteiger partial charge in [-0.2, -0.15) is 0 Å². The molecule has 0 saturated carbocycles. The van der Waals surface area contributed by atoms with Gasteiger partial charge in [0, 0.05) is 27.5 Å². The number of nitrogens with zero attached hydrogens (tertiary/aromatic N) is 3. The number of carbonyl (C=O) groups excluding carboxylic acids is 1. The number of benzene rings is 2. The van der Waals surface area contributed by atoms with Crippen LogP contribution < -0.4 is 4.74 Å². The molecule has 1 amide bonds. The number of carbonyl (C=O) groups is 1. The van der Waals surface area contributed by atoms with Crippen molar-refractivity contribution in [2.45, 2.75) is 32.7 Å².